The van der Waals surface area contributed by atoms with E-state index in [1.807, 2.05) is 0 Å². The molecule has 0 bridgehead atoms. The quantitative estimate of drug-likeness (QED) is 0.663. The molecule has 1 atom stereocenters. The second-order valence-corrected chi connectivity index (χ2v) is 4.43. The van der Waals surface area contributed by atoms with Crippen LogP contribution in [0.15, 0.2) is 12.0 Å². The van der Waals surface area contributed by atoms with Gasteiger partial charge in [-0.25, -0.2) is 9.69 Å². The van der Waals surface area contributed by atoms with Crippen LogP contribution in [0.4, 0.5) is 4.79 Å². The Morgan fingerprint density at radius 1 is 1.53 bits per heavy atom. The summed E-state index contributed by atoms with van der Waals surface area (Å²) in [4.78, 5) is 23.7. The molecule has 1 heterocycles. The van der Waals surface area contributed by atoms with Gasteiger partial charge in [-0.05, 0) is 27.7 Å². The van der Waals surface area contributed by atoms with Crippen LogP contribution in [0.5, 0.6) is 0 Å². The zero-order valence-corrected chi connectivity index (χ0v) is 9.27. The Labute approximate surface area is 88.3 Å². The van der Waals surface area contributed by atoms with E-state index in [1.165, 1.54) is 6.92 Å². The third-order valence-corrected chi connectivity index (χ3v) is 1.91. The first-order chi connectivity index (χ1) is 6.72. The minimum atomic E-state index is -0.713. The van der Waals surface area contributed by atoms with Crippen LogP contribution in [0.1, 0.15) is 27.7 Å². The van der Waals surface area contributed by atoms with Crippen LogP contribution >= 0.6 is 0 Å². The number of nitrogens with zero attached hydrogens (tertiary/aromatic N) is 1. The lowest BCUT2D eigenvalue weighted by molar-refractivity contribution is -0.117. The summed E-state index contributed by atoms with van der Waals surface area (Å²) in [5, 5.41) is 9.36. The summed E-state index contributed by atoms with van der Waals surface area (Å²) >= 11 is 0. The molecule has 1 aliphatic rings. The van der Waals surface area contributed by atoms with Gasteiger partial charge >= 0.3 is 6.09 Å². The van der Waals surface area contributed by atoms with Gasteiger partial charge in [-0.1, -0.05) is 0 Å². The number of carbonyl (C=O) groups is 2. The van der Waals surface area contributed by atoms with Crippen molar-refractivity contribution in [2.75, 3.05) is 0 Å². The van der Waals surface area contributed by atoms with Crippen molar-refractivity contribution in [1.29, 1.82) is 0 Å². The van der Waals surface area contributed by atoms with Crippen LogP contribution in [-0.4, -0.2) is 33.5 Å². The second-order valence-electron chi connectivity index (χ2n) is 4.43. The molecular weight excluding hydrogens is 198 g/mol. The third kappa shape index (κ3) is 2.49. The van der Waals surface area contributed by atoms with E-state index in [0.717, 1.165) is 11.0 Å². The van der Waals surface area contributed by atoms with Gasteiger partial charge < -0.3 is 9.84 Å². The van der Waals surface area contributed by atoms with Crippen molar-refractivity contribution in [2.45, 2.75) is 39.3 Å². The molecule has 1 aliphatic heterocycles. The number of aliphatic hydroxyl groups is 1. The number of carbonyl (C=O) groups excluding carboxylic acids is 2. The van der Waals surface area contributed by atoms with E-state index in [0.29, 0.717) is 0 Å². The summed E-state index contributed by atoms with van der Waals surface area (Å²) < 4.78 is 5.04. The second kappa shape index (κ2) is 3.56. The summed E-state index contributed by atoms with van der Waals surface area (Å²) in [7, 11) is 0. The standard InChI is InChI=1S/C10H15NO4/c1-6-7(12)5-8(13)11(6)9(14)15-10(2,3)4/h5-6,13H,1-4H3/t6-/m0/s1. The molecule has 0 saturated heterocycles. The lowest BCUT2D eigenvalue weighted by Crippen LogP contribution is -2.40. The van der Waals surface area contributed by atoms with Crippen molar-refractivity contribution in [3.63, 3.8) is 0 Å². The minimum absolute atomic E-state index is 0.307. The van der Waals surface area contributed by atoms with Gasteiger partial charge in [0.2, 0.25) is 5.88 Å². The van der Waals surface area contributed by atoms with Crippen LogP contribution in [-0.2, 0) is 9.53 Å². The van der Waals surface area contributed by atoms with Gasteiger partial charge in [-0.3, -0.25) is 4.79 Å². The average Bonchev–Trinajstić information content (AvgIpc) is 2.22. The molecule has 1 amide bonds. The molecule has 0 aromatic carbocycles. The summed E-state index contributed by atoms with van der Waals surface area (Å²) in [6, 6.07) is -0.695. The molecule has 0 aromatic rings. The van der Waals surface area contributed by atoms with Crippen LogP contribution in [0, 0.1) is 0 Å². The topological polar surface area (TPSA) is 66.8 Å². The Balaban J connectivity index is 2.78. The molecule has 0 aromatic heterocycles. The van der Waals surface area contributed by atoms with E-state index < -0.39 is 17.7 Å². The molecule has 1 N–H and O–H groups in total. The molecule has 0 radical (unpaired) electrons. The van der Waals surface area contributed by atoms with E-state index in [-0.39, 0.29) is 11.7 Å². The molecule has 5 nitrogen and oxygen atoms in total. The maximum absolute atomic E-state index is 11.6. The van der Waals surface area contributed by atoms with Gasteiger partial charge in [0.15, 0.2) is 5.78 Å². The number of ether oxygens (including phenoxy) is 1. The Morgan fingerprint density at radius 3 is 2.40 bits per heavy atom. The predicted octanol–water partition coefficient (Wildman–Crippen LogP) is 1.59. The van der Waals surface area contributed by atoms with E-state index >= 15 is 0 Å². The first-order valence-corrected chi connectivity index (χ1v) is 4.69. The number of aliphatic hydroxyl groups excluding tert-OH is 1. The van der Waals surface area contributed by atoms with E-state index in [2.05, 4.69) is 0 Å². The van der Waals surface area contributed by atoms with Crippen molar-refractivity contribution in [1.82, 2.24) is 4.90 Å². The predicted molar refractivity (Wildman–Crippen MR) is 53.3 cm³/mol. The average molecular weight is 213 g/mol. The number of hydrogen-bond donors (Lipinski definition) is 1. The highest BCUT2D eigenvalue weighted by atomic mass is 16.6. The largest absolute Gasteiger partial charge is 0.494 e. The van der Waals surface area contributed by atoms with E-state index in [4.69, 9.17) is 4.74 Å². The molecule has 0 saturated carbocycles. The van der Waals surface area contributed by atoms with Gasteiger partial charge in [0, 0.05) is 6.08 Å². The van der Waals surface area contributed by atoms with Gasteiger partial charge in [-0.15, -0.1) is 0 Å². The number of ketones is 1. The maximum atomic E-state index is 11.6. The first kappa shape index (κ1) is 11.6. The monoisotopic (exact) mass is 213 g/mol. The molecule has 0 unspecified atom stereocenters. The number of hydrogen-bond acceptors (Lipinski definition) is 4. The van der Waals surface area contributed by atoms with Crippen molar-refractivity contribution >= 4 is 11.9 Å². The van der Waals surface area contributed by atoms with Crippen molar-refractivity contribution in [2.24, 2.45) is 0 Å². The summed E-state index contributed by atoms with van der Waals surface area (Å²) in [5.74, 6) is -0.667. The summed E-state index contributed by atoms with van der Waals surface area (Å²) in [5.41, 5.74) is -0.650. The van der Waals surface area contributed by atoms with Crippen LogP contribution in [0.3, 0.4) is 0 Å². The molecule has 84 valence electrons. The van der Waals surface area contributed by atoms with Crippen molar-refractivity contribution < 1.29 is 19.4 Å². The summed E-state index contributed by atoms with van der Waals surface area (Å²) in [6.45, 7) is 6.68. The highest BCUT2D eigenvalue weighted by molar-refractivity contribution is 5.99. The first-order valence-electron chi connectivity index (χ1n) is 4.69. The van der Waals surface area contributed by atoms with Gasteiger partial charge in [0.1, 0.15) is 11.6 Å². The Bertz CT molecular complexity index is 327. The molecule has 5 heteroatoms. The normalized spacial score (nSPS) is 21.6. The van der Waals surface area contributed by atoms with E-state index in [1.54, 1.807) is 20.8 Å². The molecular formula is C10H15NO4. The van der Waals surface area contributed by atoms with E-state index in [9.17, 15) is 14.7 Å². The Hall–Kier alpha value is -1.52. The molecule has 1 rings (SSSR count). The van der Waals surface area contributed by atoms with Crippen LogP contribution < -0.4 is 0 Å². The highest BCUT2D eigenvalue weighted by Crippen LogP contribution is 2.20. The van der Waals surface area contributed by atoms with Crippen molar-refractivity contribution in [3.8, 4) is 0 Å². The maximum Gasteiger partial charge on any atom is 0.417 e. The molecule has 0 fully saturated rings. The fourth-order valence-corrected chi connectivity index (χ4v) is 1.21. The Kier molecular flexibility index (Phi) is 2.75. The van der Waals surface area contributed by atoms with Gasteiger partial charge in [-0.2, -0.15) is 0 Å². The zero-order chi connectivity index (χ0) is 11.8. The zero-order valence-electron chi connectivity index (χ0n) is 9.27. The Morgan fingerprint density at radius 2 is 2.07 bits per heavy atom. The fraction of sp³-hybridized carbons (Fsp3) is 0.600. The van der Waals surface area contributed by atoms with Gasteiger partial charge in [0.05, 0.1) is 0 Å². The molecule has 0 aliphatic carbocycles. The summed E-state index contributed by atoms with van der Waals surface area (Å²) in [6.07, 6.45) is 0.309. The van der Waals surface area contributed by atoms with Gasteiger partial charge in [0.25, 0.3) is 0 Å². The van der Waals surface area contributed by atoms with Crippen LogP contribution in [0.2, 0.25) is 0 Å². The lowest BCUT2D eigenvalue weighted by Gasteiger charge is -2.26. The smallest absolute Gasteiger partial charge is 0.417 e. The minimum Gasteiger partial charge on any atom is -0.494 e. The number of amides is 1. The molecule has 0 spiro atoms. The van der Waals surface area contributed by atoms with Crippen molar-refractivity contribution in [3.05, 3.63) is 12.0 Å². The fourth-order valence-electron chi connectivity index (χ4n) is 1.21. The third-order valence-electron chi connectivity index (χ3n) is 1.91. The molecule has 15 heavy (non-hydrogen) atoms. The highest BCUT2D eigenvalue weighted by Gasteiger charge is 2.36. The SMILES string of the molecule is C[C@H]1C(=O)C=C(O)N1C(=O)OC(C)(C)C. The van der Waals surface area contributed by atoms with Crippen LogP contribution in [0.25, 0.3) is 0 Å². The lowest BCUT2D eigenvalue weighted by atomic mass is 10.2. The number of rotatable bonds is 0.